The Bertz CT molecular complexity index is 1100. The van der Waals surface area contributed by atoms with Gasteiger partial charge >= 0.3 is 0 Å². The minimum absolute atomic E-state index is 0.981. The Balaban J connectivity index is 1.37. The largest absolute Gasteiger partial charge is 0.0590 e. The van der Waals surface area contributed by atoms with Crippen LogP contribution in [0, 0.1) is 20.8 Å². The molecule has 0 bridgehead atoms. The maximum atomic E-state index is 2.31. The van der Waals surface area contributed by atoms with Crippen LogP contribution < -0.4 is 0 Å². The second kappa shape index (κ2) is 9.13. The molecule has 0 fully saturated rings. The molecule has 4 aromatic carbocycles. The molecule has 0 amide bonds. The molecule has 0 atom stereocenters. The molecule has 4 aromatic rings. The van der Waals surface area contributed by atoms with Crippen LogP contribution in [-0.4, -0.2) is 0 Å². The summed E-state index contributed by atoms with van der Waals surface area (Å²) in [5.74, 6) is 0. The molecule has 0 radical (unpaired) electrons. The molecule has 0 heteroatoms. The van der Waals surface area contributed by atoms with E-state index in [0.29, 0.717) is 0 Å². The molecule has 0 spiro atoms. The summed E-state index contributed by atoms with van der Waals surface area (Å²) in [6.45, 7) is 6.49. The Hall–Kier alpha value is -3.12. The van der Waals surface area contributed by atoms with Gasteiger partial charge in [-0.15, -0.1) is 0 Å². The third-order valence-corrected chi connectivity index (χ3v) is 5.96. The van der Waals surface area contributed by atoms with Crippen LogP contribution in [0.1, 0.15) is 50.1 Å². The summed E-state index contributed by atoms with van der Waals surface area (Å²) in [6.07, 6.45) is 2.97. The van der Waals surface area contributed by atoms with E-state index in [1.807, 2.05) is 0 Å². The molecule has 0 aliphatic carbocycles. The maximum absolute atomic E-state index is 2.31. The van der Waals surface area contributed by atoms with Crippen molar-refractivity contribution in [1.29, 1.82) is 0 Å². The highest BCUT2D eigenvalue weighted by Gasteiger charge is 2.02. The molecule has 0 aromatic heterocycles. The SMILES string of the molecule is Cc1ccc(Cc2ccc(Cc3ccc(Cc4ccc(C)c(C)c4)cc3)cc2)cc1. The molecule has 0 aliphatic heterocycles. The first-order valence-electron chi connectivity index (χ1n) is 10.8. The van der Waals surface area contributed by atoms with E-state index in [9.17, 15) is 0 Å². The average molecular weight is 391 g/mol. The quantitative estimate of drug-likeness (QED) is 0.322. The van der Waals surface area contributed by atoms with Crippen LogP contribution >= 0.6 is 0 Å². The highest BCUT2D eigenvalue weighted by atomic mass is 14.1. The smallest absolute Gasteiger partial charge is 0.00257 e. The van der Waals surface area contributed by atoms with E-state index in [-0.39, 0.29) is 0 Å². The van der Waals surface area contributed by atoms with Gasteiger partial charge < -0.3 is 0 Å². The predicted molar refractivity (Wildman–Crippen MR) is 128 cm³/mol. The summed E-state index contributed by atoms with van der Waals surface area (Å²) in [5, 5.41) is 0. The fourth-order valence-electron chi connectivity index (χ4n) is 3.88. The van der Waals surface area contributed by atoms with Crippen LogP contribution in [-0.2, 0) is 19.3 Å². The Kier molecular flexibility index (Phi) is 6.14. The average Bonchev–Trinajstić information content (AvgIpc) is 2.75. The molecule has 0 saturated carbocycles. The first-order chi connectivity index (χ1) is 14.5. The van der Waals surface area contributed by atoms with Gasteiger partial charge in [0.1, 0.15) is 0 Å². The molecule has 0 heterocycles. The van der Waals surface area contributed by atoms with Gasteiger partial charge in [-0.2, -0.15) is 0 Å². The number of rotatable bonds is 6. The lowest BCUT2D eigenvalue weighted by Crippen LogP contribution is -1.93. The summed E-state index contributed by atoms with van der Waals surface area (Å²) < 4.78 is 0. The zero-order valence-corrected chi connectivity index (χ0v) is 18.3. The van der Waals surface area contributed by atoms with Crippen molar-refractivity contribution in [2.24, 2.45) is 0 Å². The fourth-order valence-corrected chi connectivity index (χ4v) is 3.88. The Morgan fingerprint density at radius 2 is 0.700 bits per heavy atom. The first kappa shape index (κ1) is 20.2. The molecule has 0 unspecified atom stereocenters. The minimum atomic E-state index is 0.981. The molecular weight excluding hydrogens is 360 g/mol. The van der Waals surface area contributed by atoms with E-state index in [2.05, 4.69) is 112 Å². The highest BCUT2D eigenvalue weighted by molar-refractivity contribution is 5.36. The van der Waals surface area contributed by atoms with Gasteiger partial charge in [-0.25, -0.2) is 0 Å². The van der Waals surface area contributed by atoms with Crippen molar-refractivity contribution in [2.45, 2.75) is 40.0 Å². The van der Waals surface area contributed by atoms with Gasteiger partial charge in [-0.1, -0.05) is 96.6 Å². The highest BCUT2D eigenvalue weighted by Crippen LogP contribution is 2.17. The van der Waals surface area contributed by atoms with Crippen LogP contribution in [0.25, 0.3) is 0 Å². The summed E-state index contributed by atoms with van der Waals surface area (Å²) in [5.41, 5.74) is 12.3. The Labute approximate surface area is 181 Å². The summed E-state index contributed by atoms with van der Waals surface area (Å²) >= 11 is 0. The van der Waals surface area contributed by atoms with Crippen LogP contribution in [0.2, 0.25) is 0 Å². The third-order valence-electron chi connectivity index (χ3n) is 5.96. The van der Waals surface area contributed by atoms with Gasteiger partial charge in [-0.3, -0.25) is 0 Å². The molecule has 0 N–H and O–H groups in total. The number of hydrogen-bond donors (Lipinski definition) is 0. The molecule has 0 aliphatic rings. The van der Waals surface area contributed by atoms with Gasteiger partial charge in [-0.05, 0) is 84.5 Å². The molecule has 0 saturated heterocycles. The lowest BCUT2D eigenvalue weighted by atomic mass is 9.97. The summed E-state index contributed by atoms with van der Waals surface area (Å²) in [6, 6.07) is 33.8. The molecule has 150 valence electrons. The van der Waals surface area contributed by atoms with Gasteiger partial charge in [0.15, 0.2) is 0 Å². The second-order valence-electron chi connectivity index (χ2n) is 8.57. The van der Waals surface area contributed by atoms with E-state index in [0.717, 1.165) is 19.3 Å². The molecular formula is C30H30. The summed E-state index contributed by atoms with van der Waals surface area (Å²) in [4.78, 5) is 0. The van der Waals surface area contributed by atoms with Gasteiger partial charge in [0.25, 0.3) is 0 Å². The van der Waals surface area contributed by atoms with Gasteiger partial charge in [0.2, 0.25) is 0 Å². The van der Waals surface area contributed by atoms with E-state index >= 15 is 0 Å². The molecule has 30 heavy (non-hydrogen) atoms. The lowest BCUT2D eigenvalue weighted by molar-refractivity contribution is 1.13. The van der Waals surface area contributed by atoms with Gasteiger partial charge in [0.05, 0.1) is 0 Å². The van der Waals surface area contributed by atoms with Crippen LogP contribution in [0.5, 0.6) is 0 Å². The number of benzene rings is 4. The van der Waals surface area contributed by atoms with Crippen molar-refractivity contribution in [3.63, 3.8) is 0 Å². The normalized spacial score (nSPS) is 10.9. The molecule has 4 rings (SSSR count). The van der Waals surface area contributed by atoms with Crippen LogP contribution in [0.4, 0.5) is 0 Å². The van der Waals surface area contributed by atoms with E-state index < -0.39 is 0 Å². The Morgan fingerprint density at radius 3 is 1.10 bits per heavy atom. The van der Waals surface area contributed by atoms with Crippen molar-refractivity contribution in [2.75, 3.05) is 0 Å². The second-order valence-corrected chi connectivity index (χ2v) is 8.57. The zero-order valence-electron chi connectivity index (χ0n) is 18.3. The van der Waals surface area contributed by atoms with E-state index in [1.165, 1.54) is 50.1 Å². The van der Waals surface area contributed by atoms with E-state index in [4.69, 9.17) is 0 Å². The molecule has 0 nitrogen and oxygen atoms in total. The van der Waals surface area contributed by atoms with Crippen LogP contribution in [0.3, 0.4) is 0 Å². The predicted octanol–water partition coefficient (Wildman–Crippen LogP) is 7.38. The van der Waals surface area contributed by atoms with Crippen molar-refractivity contribution in [3.8, 4) is 0 Å². The third kappa shape index (κ3) is 5.27. The topological polar surface area (TPSA) is 0 Å². The zero-order chi connectivity index (χ0) is 20.9. The lowest BCUT2D eigenvalue weighted by Gasteiger charge is -2.08. The maximum Gasteiger partial charge on any atom is -0.00257 e. The monoisotopic (exact) mass is 390 g/mol. The fraction of sp³-hybridized carbons (Fsp3) is 0.200. The van der Waals surface area contributed by atoms with Crippen molar-refractivity contribution in [1.82, 2.24) is 0 Å². The van der Waals surface area contributed by atoms with E-state index in [1.54, 1.807) is 0 Å². The minimum Gasteiger partial charge on any atom is -0.0590 e. The van der Waals surface area contributed by atoms with Crippen molar-refractivity contribution in [3.05, 3.63) is 141 Å². The van der Waals surface area contributed by atoms with Gasteiger partial charge in [0, 0.05) is 0 Å². The van der Waals surface area contributed by atoms with Crippen molar-refractivity contribution < 1.29 is 0 Å². The standard InChI is InChI=1S/C30H30/c1-22-4-7-25(8-5-22)19-26-10-12-27(13-11-26)20-28-14-16-29(17-15-28)21-30-9-6-23(2)24(3)18-30/h4-18H,19-21H2,1-3H3. The Morgan fingerprint density at radius 1 is 0.367 bits per heavy atom. The van der Waals surface area contributed by atoms with Crippen molar-refractivity contribution >= 4 is 0 Å². The number of hydrogen-bond acceptors (Lipinski definition) is 0. The van der Waals surface area contributed by atoms with Crippen LogP contribution in [0.15, 0.2) is 91.0 Å². The first-order valence-corrected chi connectivity index (χ1v) is 10.8. The summed E-state index contributed by atoms with van der Waals surface area (Å²) in [7, 11) is 0. The number of aryl methyl sites for hydroxylation is 3.